The Hall–Kier alpha value is -0.250. The zero-order chi connectivity index (χ0) is 13.5. The molecule has 1 heterocycles. The third kappa shape index (κ3) is 2.28. The minimum absolute atomic E-state index is 0.510. The summed E-state index contributed by atoms with van der Waals surface area (Å²) in [6, 6.07) is 5.70. The third-order valence-corrected chi connectivity index (χ3v) is 5.03. The fraction of sp³-hybridized carbons (Fsp3) is 0.182. The van der Waals surface area contributed by atoms with Gasteiger partial charge < -0.3 is 10.8 Å². The van der Waals surface area contributed by atoms with E-state index in [1.54, 1.807) is 6.20 Å². The molecule has 96 valence electrons. The molecule has 7 heteroatoms. The van der Waals surface area contributed by atoms with Gasteiger partial charge in [0, 0.05) is 51.9 Å². The molecule has 2 aromatic rings. The molecule has 18 heavy (non-hydrogen) atoms. The van der Waals surface area contributed by atoms with Crippen molar-refractivity contribution in [1.82, 2.24) is 3.97 Å². The Morgan fingerprint density at radius 3 is 2.83 bits per heavy atom. The number of nitrogens with two attached hydrogens (primary N) is 1. The van der Waals surface area contributed by atoms with Gasteiger partial charge in [-0.2, -0.15) is 0 Å². The van der Waals surface area contributed by atoms with Crippen molar-refractivity contribution < 1.29 is 9.90 Å². The Kier molecular flexibility index (Phi) is 3.96. The summed E-state index contributed by atoms with van der Waals surface area (Å²) in [6.45, 7) is 1.41. The van der Waals surface area contributed by atoms with Gasteiger partial charge in [-0.1, -0.05) is 15.9 Å². The SMILES string of the molecule is CC(O)(C(N)=O)c1cn(SI)c2ccc(Br)cc12. The Bertz CT molecular complexity index is 627. The first-order valence-corrected chi connectivity index (χ1v) is 9.11. The molecule has 0 aliphatic rings. The van der Waals surface area contributed by atoms with Gasteiger partial charge in [-0.3, -0.25) is 8.77 Å². The van der Waals surface area contributed by atoms with E-state index in [9.17, 15) is 9.90 Å². The fourth-order valence-electron chi connectivity index (χ4n) is 1.75. The number of benzene rings is 1. The molecule has 0 spiro atoms. The minimum atomic E-state index is -1.68. The minimum Gasteiger partial charge on any atom is -0.375 e. The lowest BCUT2D eigenvalue weighted by Gasteiger charge is -2.18. The molecule has 0 radical (unpaired) electrons. The van der Waals surface area contributed by atoms with E-state index in [0.717, 1.165) is 15.4 Å². The maximum absolute atomic E-state index is 11.4. The number of aromatic nitrogens is 1. The number of carbonyl (C=O) groups is 1. The normalized spacial score (nSPS) is 14.7. The second-order valence-electron chi connectivity index (χ2n) is 4.04. The highest BCUT2D eigenvalue weighted by atomic mass is 127. The topological polar surface area (TPSA) is 68.2 Å². The van der Waals surface area contributed by atoms with Crippen molar-refractivity contribution in [3.8, 4) is 0 Å². The van der Waals surface area contributed by atoms with Crippen molar-refractivity contribution >= 4 is 63.1 Å². The molecular formula is C11H10BrIN2O2S. The highest BCUT2D eigenvalue weighted by Crippen LogP contribution is 2.35. The molecule has 0 fully saturated rings. The molecule has 0 aliphatic carbocycles. The van der Waals surface area contributed by atoms with Gasteiger partial charge in [0.15, 0.2) is 5.60 Å². The lowest BCUT2D eigenvalue weighted by atomic mass is 9.95. The van der Waals surface area contributed by atoms with E-state index in [0.29, 0.717) is 5.56 Å². The second-order valence-corrected chi connectivity index (χ2v) is 6.66. The summed E-state index contributed by atoms with van der Waals surface area (Å²) in [5.74, 6) is -0.764. The number of hydrogen-bond acceptors (Lipinski definition) is 3. The van der Waals surface area contributed by atoms with E-state index in [2.05, 4.69) is 37.1 Å². The molecule has 1 amide bonds. The quantitative estimate of drug-likeness (QED) is 0.721. The third-order valence-electron chi connectivity index (χ3n) is 2.81. The Balaban J connectivity index is 2.79. The first-order valence-electron chi connectivity index (χ1n) is 5.00. The molecule has 4 nitrogen and oxygen atoms in total. The number of hydrogen-bond donors (Lipinski definition) is 2. The van der Waals surface area contributed by atoms with Gasteiger partial charge in [-0.05, 0) is 25.1 Å². The number of fused-ring (bicyclic) bond motifs is 1. The first kappa shape index (κ1) is 14.2. The highest BCUT2D eigenvalue weighted by Gasteiger charge is 2.33. The van der Waals surface area contributed by atoms with Gasteiger partial charge in [0.25, 0.3) is 5.91 Å². The van der Waals surface area contributed by atoms with Crippen molar-refractivity contribution in [1.29, 1.82) is 0 Å². The van der Waals surface area contributed by atoms with Crippen LogP contribution in [0.5, 0.6) is 0 Å². The maximum Gasteiger partial charge on any atom is 0.253 e. The van der Waals surface area contributed by atoms with E-state index in [4.69, 9.17) is 5.73 Å². The predicted molar refractivity (Wildman–Crippen MR) is 85.4 cm³/mol. The summed E-state index contributed by atoms with van der Waals surface area (Å²) >= 11 is 5.52. The van der Waals surface area contributed by atoms with Gasteiger partial charge in [0.2, 0.25) is 0 Å². The van der Waals surface area contributed by atoms with Gasteiger partial charge in [0.1, 0.15) is 0 Å². The number of aliphatic hydroxyl groups is 1. The van der Waals surface area contributed by atoms with E-state index < -0.39 is 11.5 Å². The van der Waals surface area contributed by atoms with Crippen molar-refractivity contribution in [2.24, 2.45) is 5.73 Å². The van der Waals surface area contributed by atoms with E-state index in [1.807, 2.05) is 22.2 Å². The highest BCUT2D eigenvalue weighted by molar-refractivity contribution is 14.2. The molecular weight excluding hydrogens is 431 g/mol. The summed E-state index contributed by atoms with van der Waals surface area (Å²) in [4.78, 5) is 11.4. The van der Waals surface area contributed by atoms with Gasteiger partial charge in [0.05, 0.1) is 5.52 Å². The summed E-state index contributed by atoms with van der Waals surface area (Å²) < 4.78 is 2.77. The van der Waals surface area contributed by atoms with Crippen molar-refractivity contribution in [2.45, 2.75) is 12.5 Å². The van der Waals surface area contributed by atoms with Crippen LogP contribution in [0.25, 0.3) is 10.9 Å². The predicted octanol–water partition coefficient (Wildman–Crippen LogP) is 2.94. The molecule has 0 saturated heterocycles. The molecule has 2 rings (SSSR count). The molecule has 0 saturated carbocycles. The van der Waals surface area contributed by atoms with Gasteiger partial charge in [-0.15, -0.1) is 0 Å². The fourth-order valence-corrected chi connectivity index (χ4v) is 3.47. The van der Waals surface area contributed by atoms with Crippen LogP contribution in [0.1, 0.15) is 12.5 Å². The summed E-state index contributed by atoms with van der Waals surface area (Å²) in [5.41, 5.74) is 5.01. The van der Waals surface area contributed by atoms with Crippen LogP contribution in [-0.4, -0.2) is 15.0 Å². The van der Waals surface area contributed by atoms with Crippen LogP contribution >= 0.6 is 46.3 Å². The molecule has 0 bridgehead atoms. The monoisotopic (exact) mass is 440 g/mol. The van der Waals surface area contributed by atoms with Crippen LogP contribution < -0.4 is 5.73 Å². The van der Waals surface area contributed by atoms with Crippen LogP contribution in [-0.2, 0) is 10.4 Å². The van der Waals surface area contributed by atoms with Crippen LogP contribution in [0.4, 0.5) is 0 Å². The average Bonchev–Trinajstić information content (AvgIpc) is 2.67. The molecule has 1 unspecified atom stereocenters. The standard InChI is InChI=1S/C11H10BrIN2O2S/c1-11(17,10(14)16)8-5-15(18-13)9-3-2-6(12)4-7(8)9/h2-5,17H,1H3,(H2,14,16). The lowest BCUT2D eigenvalue weighted by Crippen LogP contribution is -2.38. The zero-order valence-corrected chi connectivity index (χ0v) is 13.9. The number of amides is 1. The Morgan fingerprint density at radius 2 is 2.28 bits per heavy atom. The Morgan fingerprint density at radius 1 is 1.61 bits per heavy atom. The maximum atomic E-state index is 11.4. The van der Waals surface area contributed by atoms with Crippen LogP contribution in [0.15, 0.2) is 28.9 Å². The Labute approximate surface area is 129 Å². The molecule has 1 aromatic carbocycles. The smallest absolute Gasteiger partial charge is 0.253 e. The molecule has 1 atom stereocenters. The van der Waals surface area contributed by atoms with Crippen LogP contribution in [0.3, 0.4) is 0 Å². The molecule has 1 aromatic heterocycles. The number of primary amides is 1. The van der Waals surface area contributed by atoms with E-state index in [-0.39, 0.29) is 0 Å². The summed E-state index contributed by atoms with van der Waals surface area (Å²) in [7, 11) is 1.46. The van der Waals surface area contributed by atoms with Gasteiger partial charge in [-0.25, -0.2) is 0 Å². The van der Waals surface area contributed by atoms with Crippen molar-refractivity contribution in [2.75, 3.05) is 0 Å². The van der Waals surface area contributed by atoms with Crippen molar-refractivity contribution in [3.63, 3.8) is 0 Å². The van der Waals surface area contributed by atoms with Crippen LogP contribution in [0.2, 0.25) is 0 Å². The van der Waals surface area contributed by atoms with Crippen molar-refractivity contribution in [3.05, 3.63) is 34.4 Å². The van der Waals surface area contributed by atoms with E-state index in [1.165, 1.54) is 16.0 Å². The number of halogens is 2. The zero-order valence-electron chi connectivity index (χ0n) is 9.35. The number of nitrogens with zero attached hydrogens (tertiary/aromatic N) is 1. The number of carbonyl (C=O) groups excluding carboxylic acids is 1. The van der Waals surface area contributed by atoms with E-state index >= 15 is 0 Å². The molecule has 3 N–H and O–H groups in total. The average molecular weight is 441 g/mol. The lowest BCUT2D eigenvalue weighted by molar-refractivity contribution is -0.135. The molecule has 0 aliphatic heterocycles. The largest absolute Gasteiger partial charge is 0.375 e. The summed E-state index contributed by atoms with van der Waals surface area (Å²) in [5, 5.41) is 11.0. The van der Waals surface area contributed by atoms with Crippen LogP contribution in [0, 0.1) is 0 Å². The first-order chi connectivity index (χ1) is 8.37. The second kappa shape index (κ2) is 5.03. The summed E-state index contributed by atoms with van der Waals surface area (Å²) in [6.07, 6.45) is 1.74. The number of rotatable bonds is 3. The van der Waals surface area contributed by atoms with Gasteiger partial charge >= 0.3 is 0 Å².